The van der Waals surface area contributed by atoms with Crippen LogP contribution in [0.25, 0.3) is 0 Å². The Bertz CT molecular complexity index is 857. The van der Waals surface area contributed by atoms with E-state index in [9.17, 15) is 5.26 Å². The van der Waals surface area contributed by atoms with Crippen molar-refractivity contribution in [1.82, 2.24) is 15.2 Å². The molecule has 0 amide bonds. The summed E-state index contributed by atoms with van der Waals surface area (Å²) in [5.74, 6) is 1.04. The van der Waals surface area contributed by atoms with Gasteiger partial charge in [-0.3, -0.25) is 0 Å². The maximum absolute atomic E-state index is 9.17. The third-order valence-corrected chi connectivity index (χ3v) is 3.50. The van der Waals surface area contributed by atoms with E-state index in [1.54, 1.807) is 12.3 Å². The lowest BCUT2D eigenvalue weighted by Gasteiger charge is -2.21. The molecule has 0 unspecified atom stereocenters. The molecular weight excluding hydrogens is 300 g/mol. The third-order valence-electron chi connectivity index (χ3n) is 3.50. The molecule has 0 saturated heterocycles. The van der Waals surface area contributed by atoms with E-state index >= 15 is 0 Å². The molecule has 0 bridgehead atoms. The lowest BCUT2D eigenvalue weighted by Crippen LogP contribution is -2.18. The van der Waals surface area contributed by atoms with Gasteiger partial charge < -0.3 is 10.2 Å². The average molecular weight is 316 g/mol. The normalized spacial score (nSPS) is 10.0. The first kappa shape index (κ1) is 15.4. The summed E-state index contributed by atoms with van der Waals surface area (Å²) < 4.78 is 0. The first-order chi connectivity index (χ1) is 11.8. The average Bonchev–Trinajstić information content (AvgIpc) is 2.64. The zero-order valence-electron chi connectivity index (χ0n) is 13.2. The van der Waals surface area contributed by atoms with Crippen molar-refractivity contribution in [2.75, 3.05) is 16.8 Å². The van der Waals surface area contributed by atoms with Gasteiger partial charge in [-0.05, 0) is 31.2 Å². The van der Waals surface area contributed by atoms with E-state index < -0.39 is 0 Å². The summed E-state index contributed by atoms with van der Waals surface area (Å²) in [6.45, 7) is 2.80. The minimum atomic E-state index is 0.351. The highest BCUT2D eigenvalue weighted by atomic mass is 15.3. The summed E-state index contributed by atoms with van der Waals surface area (Å²) in [4.78, 5) is 6.56. The Kier molecular flexibility index (Phi) is 4.63. The van der Waals surface area contributed by atoms with E-state index in [4.69, 9.17) is 0 Å². The highest BCUT2D eigenvalue weighted by molar-refractivity contribution is 5.64. The van der Waals surface area contributed by atoms with Crippen LogP contribution in [0.1, 0.15) is 12.5 Å². The van der Waals surface area contributed by atoms with Crippen LogP contribution >= 0.6 is 0 Å². The SMILES string of the molecule is CCN(c1ccccc1)c1cnnc(Nc2ccccc2C#N)n1. The molecule has 0 saturated carbocycles. The van der Waals surface area contributed by atoms with Crippen molar-refractivity contribution in [3.8, 4) is 6.07 Å². The molecule has 6 heteroatoms. The van der Waals surface area contributed by atoms with Gasteiger partial charge in [0.05, 0.1) is 17.4 Å². The Hall–Kier alpha value is -3.46. The highest BCUT2D eigenvalue weighted by Gasteiger charge is 2.11. The van der Waals surface area contributed by atoms with E-state index in [2.05, 4.69) is 26.6 Å². The lowest BCUT2D eigenvalue weighted by molar-refractivity contribution is 0.922. The molecule has 1 aromatic heterocycles. The van der Waals surface area contributed by atoms with Crippen LogP contribution in [-0.2, 0) is 0 Å². The molecule has 0 spiro atoms. The fourth-order valence-electron chi connectivity index (χ4n) is 2.37. The van der Waals surface area contributed by atoms with Crippen molar-refractivity contribution in [3.05, 3.63) is 66.4 Å². The Labute approximate surface area is 140 Å². The summed E-state index contributed by atoms with van der Waals surface area (Å²) in [6, 6.07) is 19.3. The number of anilines is 4. The van der Waals surface area contributed by atoms with E-state index in [1.807, 2.05) is 60.4 Å². The van der Waals surface area contributed by atoms with Crippen molar-refractivity contribution < 1.29 is 0 Å². The molecule has 0 fully saturated rings. The number of nitrogens with one attached hydrogen (secondary N) is 1. The van der Waals surface area contributed by atoms with Crippen molar-refractivity contribution in [1.29, 1.82) is 5.26 Å². The molecule has 3 rings (SSSR count). The standard InChI is InChI=1S/C18H16N6/c1-2-24(15-9-4-3-5-10-15)17-13-20-23-18(22-17)21-16-11-7-6-8-14(16)12-19/h3-11,13H,2H2,1H3,(H,21,22,23). The fraction of sp³-hybridized carbons (Fsp3) is 0.111. The zero-order chi connectivity index (χ0) is 16.8. The predicted octanol–water partition coefficient (Wildman–Crippen LogP) is 3.64. The van der Waals surface area contributed by atoms with Gasteiger partial charge in [0.15, 0.2) is 5.82 Å². The Morgan fingerprint density at radius 3 is 2.58 bits per heavy atom. The fourth-order valence-corrected chi connectivity index (χ4v) is 2.37. The van der Waals surface area contributed by atoms with Crippen LogP contribution in [0.15, 0.2) is 60.8 Å². The van der Waals surface area contributed by atoms with Crippen LogP contribution < -0.4 is 10.2 Å². The van der Waals surface area contributed by atoms with Gasteiger partial charge in [0.2, 0.25) is 5.95 Å². The second-order valence-corrected chi connectivity index (χ2v) is 5.00. The second kappa shape index (κ2) is 7.20. The van der Waals surface area contributed by atoms with Crippen LogP contribution in [0.2, 0.25) is 0 Å². The van der Waals surface area contributed by atoms with E-state index in [1.165, 1.54) is 0 Å². The van der Waals surface area contributed by atoms with E-state index in [0.29, 0.717) is 23.0 Å². The molecule has 0 radical (unpaired) electrons. The predicted molar refractivity (Wildman–Crippen MR) is 93.4 cm³/mol. The molecule has 1 N–H and O–H groups in total. The molecule has 2 aromatic carbocycles. The van der Waals surface area contributed by atoms with Crippen LogP contribution in [0.5, 0.6) is 0 Å². The molecule has 6 nitrogen and oxygen atoms in total. The molecule has 0 aliphatic rings. The first-order valence-corrected chi connectivity index (χ1v) is 7.60. The summed E-state index contributed by atoms with van der Waals surface area (Å²) in [6.07, 6.45) is 1.62. The van der Waals surface area contributed by atoms with Gasteiger partial charge in [-0.1, -0.05) is 30.3 Å². The van der Waals surface area contributed by atoms with Crippen molar-refractivity contribution in [2.24, 2.45) is 0 Å². The lowest BCUT2D eigenvalue weighted by atomic mass is 10.2. The number of nitriles is 1. The van der Waals surface area contributed by atoms with Gasteiger partial charge in [-0.2, -0.15) is 15.3 Å². The van der Waals surface area contributed by atoms with Gasteiger partial charge in [-0.15, -0.1) is 5.10 Å². The molecule has 1 heterocycles. The Morgan fingerprint density at radius 2 is 1.83 bits per heavy atom. The quantitative estimate of drug-likeness (QED) is 0.774. The van der Waals surface area contributed by atoms with Crippen LogP contribution in [-0.4, -0.2) is 21.7 Å². The highest BCUT2D eigenvalue weighted by Crippen LogP contribution is 2.24. The molecule has 3 aromatic rings. The van der Waals surface area contributed by atoms with E-state index in [0.717, 1.165) is 12.2 Å². The molecule has 118 valence electrons. The zero-order valence-corrected chi connectivity index (χ0v) is 13.2. The number of nitrogens with zero attached hydrogens (tertiary/aromatic N) is 5. The first-order valence-electron chi connectivity index (χ1n) is 7.60. The number of hydrogen-bond donors (Lipinski definition) is 1. The summed E-state index contributed by atoms with van der Waals surface area (Å²) in [5, 5.41) is 20.3. The number of hydrogen-bond acceptors (Lipinski definition) is 6. The molecule has 0 atom stereocenters. The van der Waals surface area contributed by atoms with E-state index in [-0.39, 0.29) is 0 Å². The number of para-hydroxylation sites is 2. The minimum absolute atomic E-state index is 0.351. The molecule has 24 heavy (non-hydrogen) atoms. The molecule has 0 aliphatic carbocycles. The number of benzene rings is 2. The summed E-state index contributed by atoms with van der Waals surface area (Å²) in [7, 11) is 0. The Balaban J connectivity index is 1.90. The smallest absolute Gasteiger partial charge is 0.249 e. The van der Waals surface area contributed by atoms with Gasteiger partial charge in [-0.25, -0.2) is 0 Å². The maximum Gasteiger partial charge on any atom is 0.249 e. The van der Waals surface area contributed by atoms with Crippen molar-refractivity contribution in [3.63, 3.8) is 0 Å². The largest absolute Gasteiger partial charge is 0.325 e. The van der Waals surface area contributed by atoms with Crippen molar-refractivity contribution >= 4 is 23.1 Å². The van der Waals surface area contributed by atoms with Crippen LogP contribution in [0.4, 0.5) is 23.1 Å². The maximum atomic E-state index is 9.17. The number of aromatic nitrogens is 3. The topological polar surface area (TPSA) is 77.7 Å². The monoisotopic (exact) mass is 316 g/mol. The van der Waals surface area contributed by atoms with Crippen LogP contribution in [0, 0.1) is 11.3 Å². The Morgan fingerprint density at radius 1 is 1.08 bits per heavy atom. The third kappa shape index (κ3) is 3.31. The van der Waals surface area contributed by atoms with Gasteiger partial charge in [0.1, 0.15) is 6.07 Å². The van der Waals surface area contributed by atoms with Crippen LogP contribution in [0.3, 0.4) is 0 Å². The van der Waals surface area contributed by atoms with Gasteiger partial charge in [0, 0.05) is 12.2 Å². The van der Waals surface area contributed by atoms with Gasteiger partial charge in [0.25, 0.3) is 0 Å². The summed E-state index contributed by atoms with van der Waals surface area (Å²) >= 11 is 0. The minimum Gasteiger partial charge on any atom is -0.325 e. The van der Waals surface area contributed by atoms with Crippen molar-refractivity contribution in [2.45, 2.75) is 6.92 Å². The summed E-state index contributed by atoms with van der Waals surface area (Å²) in [5.41, 5.74) is 2.22. The second-order valence-electron chi connectivity index (χ2n) is 5.00. The molecule has 0 aliphatic heterocycles. The number of rotatable bonds is 5. The molecular formula is C18H16N6. The van der Waals surface area contributed by atoms with Gasteiger partial charge >= 0.3 is 0 Å².